The van der Waals surface area contributed by atoms with Crippen molar-refractivity contribution >= 4 is 22.3 Å². The SMILES string of the molecule is CN=C(NCCCOCCc1ccccc1)NC1CCN(c2cccs2)CC1. The van der Waals surface area contributed by atoms with Gasteiger partial charge in [-0.15, -0.1) is 11.3 Å². The Morgan fingerprint density at radius 1 is 1.14 bits per heavy atom. The first-order valence-electron chi connectivity index (χ1n) is 10.2. The topological polar surface area (TPSA) is 48.9 Å². The lowest BCUT2D eigenvalue weighted by molar-refractivity contribution is 0.135. The number of piperidine rings is 1. The number of benzene rings is 1. The maximum Gasteiger partial charge on any atom is 0.191 e. The number of thiophene rings is 1. The van der Waals surface area contributed by atoms with E-state index in [1.165, 1.54) is 10.6 Å². The molecule has 2 heterocycles. The van der Waals surface area contributed by atoms with Crippen LogP contribution in [0.4, 0.5) is 5.00 Å². The summed E-state index contributed by atoms with van der Waals surface area (Å²) in [5, 5.41) is 10.5. The third-order valence-corrected chi connectivity index (χ3v) is 5.94. The minimum Gasteiger partial charge on any atom is -0.381 e. The van der Waals surface area contributed by atoms with Gasteiger partial charge in [-0.2, -0.15) is 0 Å². The summed E-state index contributed by atoms with van der Waals surface area (Å²) in [4.78, 5) is 6.84. The third-order valence-electron chi connectivity index (χ3n) is 5.01. The molecule has 0 atom stereocenters. The van der Waals surface area contributed by atoms with Gasteiger partial charge >= 0.3 is 0 Å². The van der Waals surface area contributed by atoms with Crippen molar-refractivity contribution in [3.8, 4) is 0 Å². The highest BCUT2D eigenvalue weighted by molar-refractivity contribution is 7.14. The largest absolute Gasteiger partial charge is 0.381 e. The van der Waals surface area contributed by atoms with E-state index < -0.39 is 0 Å². The normalized spacial score (nSPS) is 15.6. The molecule has 1 aliphatic rings. The van der Waals surface area contributed by atoms with Gasteiger partial charge in [0.25, 0.3) is 0 Å². The second-order valence-electron chi connectivity index (χ2n) is 7.06. The zero-order valence-electron chi connectivity index (χ0n) is 16.8. The molecule has 28 heavy (non-hydrogen) atoms. The molecule has 152 valence electrons. The Labute approximate surface area is 172 Å². The molecule has 0 unspecified atom stereocenters. The van der Waals surface area contributed by atoms with Crippen molar-refractivity contribution in [3.63, 3.8) is 0 Å². The van der Waals surface area contributed by atoms with Crippen LogP contribution in [0.25, 0.3) is 0 Å². The van der Waals surface area contributed by atoms with Crippen LogP contribution in [0.5, 0.6) is 0 Å². The molecule has 0 saturated carbocycles. The average molecular weight is 401 g/mol. The summed E-state index contributed by atoms with van der Waals surface area (Å²) in [7, 11) is 1.84. The van der Waals surface area contributed by atoms with E-state index in [0.29, 0.717) is 6.04 Å². The van der Waals surface area contributed by atoms with Crippen LogP contribution in [0.2, 0.25) is 0 Å². The first-order chi connectivity index (χ1) is 13.8. The molecule has 1 aromatic heterocycles. The van der Waals surface area contributed by atoms with Gasteiger partial charge in [-0.3, -0.25) is 4.99 Å². The summed E-state index contributed by atoms with van der Waals surface area (Å²) in [6, 6.07) is 15.3. The smallest absolute Gasteiger partial charge is 0.191 e. The maximum absolute atomic E-state index is 5.75. The predicted molar refractivity (Wildman–Crippen MR) is 120 cm³/mol. The van der Waals surface area contributed by atoms with Gasteiger partial charge in [0.2, 0.25) is 0 Å². The zero-order valence-corrected chi connectivity index (χ0v) is 17.6. The lowest BCUT2D eigenvalue weighted by Gasteiger charge is -2.33. The highest BCUT2D eigenvalue weighted by Crippen LogP contribution is 2.24. The second-order valence-corrected chi connectivity index (χ2v) is 7.98. The predicted octanol–water partition coefficient (Wildman–Crippen LogP) is 3.53. The molecule has 0 radical (unpaired) electrons. The van der Waals surface area contributed by atoms with Gasteiger partial charge < -0.3 is 20.3 Å². The number of anilines is 1. The van der Waals surface area contributed by atoms with E-state index in [9.17, 15) is 0 Å². The second kappa shape index (κ2) is 11.7. The number of rotatable bonds is 9. The van der Waals surface area contributed by atoms with Crippen LogP contribution in [0, 0.1) is 0 Å². The minimum absolute atomic E-state index is 0.490. The van der Waals surface area contributed by atoms with Gasteiger partial charge in [-0.05, 0) is 48.8 Å². The van der Waals surface area contributed by atoms with Crippen molar-refractivity contribution in [1.29, 1.82) is 0 Å². The Hall–Kier alpha value is -2.05. The monoisotopic (exact) mass is 400 g/mol. The van der Waals surface area contributed by atoms with E-state index in [1.54, 1.807) is 0 Å². The molecule has 0 bridgehead atoms. The lowest BCUT2D eigenvalue weighted by Crippen LogP contribution is -2.48. The van der Waals surface area contributed by atoms with Gasteiger partial charge in [0.15, 0.2) is 5.96 Å². The Morgan fingerprint density at radius 2 is 1.96 bits per heavy atom. The van der Waals surface area contributed by atoms with E-state index in [2.05, 4.69) is 62.3 Å². The minimum atomic E-state index is 0.490. The number of hydrogen-bond acceptors (Lipinski definition) is 4. The molecule has 0 amide bonds. The van der Waals surface area contributed by atoms with Gasteiger partial charge in [0, 0.05) is 39.3 Å². The van der Waals surface area contributed by atoms with E-state index in [1.807, 2.05) is 24.5 Å². The number of nitrogens with zero attached hydrogens (tertiary/aromatic N) is 2. The summed E-state index contributed by atoms with van der Waals surface area (Å²) in [5.74, 6) is 0.902. The zero-order chi connectivity index (χ0) is 19.4. The van der Waals surface area contributed by atoms with Crippen molar-refractivity contribution in [2.75, 3.05) is 44.8 Å². The number of guanidine groups is 1. The number of aliphatic imine (C=N–C) groups is 1. The molecule has 6 heteroatoms. The Morgan fingerprint density at radius 3 is 2.68 bits per heavy atom. The van der Waals surface area contributed by atoms with Crippen molar-refractivity contribution in [1.82, 2.24) is 10.6 Å². The molecule has 3 rings (SSSR count). The fraction of sp³-hybridized carbons (Fsp3) is 0.500. The average Bonchev–Trinajstić information content (AvgIpc) is 3.28. The van der Waals surface area contributed by atoms with E-state index in [-0.39, 0.29) is 0 Å². The molecule has 5 nitrogen and oxygen atoms in total. The Kier molecular flexibility index (Phi) is 8.65. The molecule has 2 N–H and O–H groups in total. The number of nitrogens with one attached hydrogen (secondary N) is 2. The molecular formula is C22H32N4OS. The molecule has 1 fully saturated rings. The van der Waals surface area contributed by atoms with E-state index in [0.717, 1.165) is 64.5 Å². The van der Waals surface area contributed by atoms with Gasteiger partial charge in [0.1, 0.15) is 0 Å². The third kappa shape index (κ3) is 6.84. The summed E-state index contributed by atoms with van der Waals surface area (Å²) >= 11 is 1.82. The summed E-state index contributed by atoms with van der Waals surface area (Å²) < 4.78 is 5.75. The maximum atomic E-state index is 5.75. The lowest BCUT2D eigenvalue weighted by atomic mass is 10.1. The summed E-state index contributed by atoms with van der Waals surface area (Å²) in [6.07, 6.45) is 4.23. The van der Waals surface area contributed by atoms with Crippen LogP contribution in [-0.4, -0.2) is 51.9 Å². The van der Waals surface area contributed by atoms with Crippen molar-refractivity contribution < 1.29 is 4.74 Å². The fourth-order valence-electron chi connectivity index (χ4n) is 3.40. The molecule has 0 aliphatic carbocycles. The standard InChI is InChI=1S/C22H32N4OS/c1-23-22(24-13-6-16-27-17-12-19-7-3-2-4-8-19)25-20-10-14-26(15-11-20)21-9-5-18-28-21/h2-5,7-9,18,20H,6,10-17H2,1H3,(H2,23,24,25). The van der Waals surface area contributed by atoms with Crippen molar-refractivity contribution in [3.05, 3.63) is 53.4 Å². The quantitative estimate of drug-likeness (QED) is 0.384. The van der Waals surface area contributed by atoms with Crippen LogP contribution in [0.3, 0.4) is 0 Å². The highest BCUT2D eigenvalue weighted by Gasteiger charge is 2.20. The van der Waals surface area contributed by atoms with Crippen LogP contribution in [0.15, 0.2) is 52.8 Å². The summed E-state index contributed by atoms with van der Waals surface area (Å²) in [6.45, 7) is 4.63. The number of hydrogen-bond donors (Lipinski definition) is 2. The number of ether oxygens (including phenoxy) is 1. The first-order valence-corrected chi connectivity index (χ1v) is 11.1. The highest BCUT2D eigenvalue weighted by atomic mass is 32.1. The molecule has 0 spiro atoms. The molecular weight excluding hydrogens is 368 g/mol. The van der Waals surface area contributed by atoms with Crippen LogP contribution in [0.1, 0.15) is 24.8 Å². The molecule has 1 saturated heterocycles. The van der Waals surface area contributed by atoms with Gasteiger partial charge in [0.05, 0.1) is 11.6 Å². The van der Waals surface area contributed by atoms with E-state index in [4.69, 9.17) is 4.74 Å². The van der Waals surface area contributed by atoms with Crippen LogP contribution >= 0.6 is 11.3 Å². The molecule has 1 aromatic carbocycles. The van der Waals surface area contributed by atoms with Crippen LogP contribution in [-0.2, 0) is 11.2 Å². The summed E-state index contributed by atoms with van der Waals surface area (Å²) in [5.41, 5.74) is 1.33. The molecule has 2 aromatic rings. The first kappa shape index (κ1) is 20.7. The molecule has 1 aliphatic heterocycles. The van der Waals surface area contributed by atoms with Crippen molar-refractivity contribution in [2.24, 2.45) is 4.99 Å². The van der Waals surface area contributed by atoms with Crippen molar-refractivity contribution in [2.45, 2.75) is 31.7 Å². The van der Waals surface area contributed by atoms with Crippen LogP contribution < -0.4 is 15.5 Å². The van der Waals surface area contributed by atoms with E-state index >= 15 is 0 Å². The van der Waals surface area contributed by atoms with Gasteiger partial charge in [-0.25, -0.2) is 0 Å². The Balaban J connectivity index is 1.24. The fourth-order valence-corrected chi connectivity index (χ4v) is 4.19. The Bertz CT molecular complexity index is 682. The van der Waals surface area contributed by atoms with Gasteiger partial charge in [-0.1, -0.05) is 30.3 Å².